The van der Waals surface area contributed by atoms with E-state index in [-0.39, 0.29) is 33.3 Å². The number of hydrogen-bond donors (Lipinski definition) is 1. The fourth-order valence-electron chi connectivity index (χ4n) is 2.55. The molecule has 0 radical (unpaired) electrons. The van der Waals surface area contributed by atoms with E-state index in [2.05, 4.69) is 10.5 Å². The number of carbonyl (C=O) groups is 1. The van der Waals surface area contributed by atoms with Crippen LogP contribution in [0.4, 0.5) is 23.2 Å². The summed E-state index contributed by atoms with van der Waals surface area (Å²) in [4.78, 5) is 12.7. The number of benzene rings is 2. The maximum Gasteiger partial charge on any atom is 0.417 e. The van der Waals surface area contributed by atoms with E-state index in [1.54, 1.807) is 0 Å². The molecule has 3 rings (SSSR count). The molecule has 0 atom stereocenters. The number of amides is 1. The maximum absolute atomic E-state index is 14.2. The molecule has 2 aromatic carbocycles. The van der Waals surface area contributed by atoms with Crippen LogP contribution >= 0.6 is 23.2 Å². The highest BCUT2D eigenvalue weighted by molar-refractivity contribution is 6.33. The van der Waals surface area contributed by atoms with Crippen LogP contribution in [0.1, 0.15) is 21.7 Å². The van der Waals surface area contributed by atoms with Gasteiger partial charge in [0, 0.05) is 5.69 Å². The lowest BCUT2D eigenvalue weighted by molar-refractivity contribution is -0.137. The average molecular weight is 433 g/mol. The zero-order chi connectivity index (χ0) is 20.6. The van der Waals surface area contributed by atoms with Gasteiger partial charge in [-0.3, -0.25) is 4.79 Å². The lowest BCUT2D eigenvalue weighted by Crippen LogP contribution is -2.15. The second-order valence-corrected chi connectivity index (χ2v) is 6.52. The Morgan fingerprint density at radius 1 is 1.14 bits per heavy atom. The number of aromatic nitrogens is 1. The van der Waals surface area contributed by atoms with Crippen LogP contribution < -0.4 is 5.32 Å². The third kappa shape index (κ3) is 3.83. The molecule has 4 nitrogen and oxygen atoms in total. The summed E-state index contributed by atoms with van der Waals surface area (Å²) in [7, 11) is 0. The fraction of sp³-hybridized carbons (Fsp3) is 0.111. The van der Waals surface area contributed by atoms with Crippen molar-refractivity contribution in [3.8, 4) is 11.3 Å². The van der Waals surface area contributed by atoms with Crippen molar-refractivity contribution in [2.45, 2.75) is 13.1 Å². The first-order chi connectivity index (χ1) is 13.1. The second kappa shape index (κ2) is 7.44. The van der Waals surface area contributed by atoms with Crippen LogP contribution in [0.3, 0.4) is 0 Å². The summed E-state index contributed by atoms with van der Waals surface area (Å²) < 4.78 is 58.2. The molecule has 0 saturated heterocycles. The van der Waals surface area contributed by atoms with Crippen molar-refractivity contribution in [2.75, 3.05) is 5.32 Å². The standard InChI is InChI=1S/C18H10Cl2F4N2O2/c1-8-14(16(26-28-8)15-12(20)3-2-4-13(15)21)17(27)25-9-5-6-11(19)10(7-9)18(22,23)24/h2-7H,1H3,(H,25,27). The van der Waals surface area contributed by atoms with Gasteiger partial charge in [-0.15, -0.1) is 0 Å². The molecule has 1 heterocycles. The Balaban J connectivity index is 2.01. The van der Waals surface area contributed by atoms with Gasteiger partial charge in [0.25, 0.3) is 5.91 Å². The molecule has 1 aromatic heterocycles. The summed E-state index contributed by atoms with van der Waals surface area (Å²) in [6.07, 6.45) is -4.70. The van der Waals surface area contributed by atoms with Crippen molar-refractivity contribution in [3.63, 3.8) is 0 Å². The molecule has 3 aromatic rings. The first kappa shape index (κ1) is 20.2. The highest BCUT2D eigenvalue weighted by atomic mass is 35.5. The number of nitrogens with zero attached hydrogens (tertiary/aromatic N) is 1. The van der Waals surface area contributed by atoms with Gasteiger partial charge in [-0.2, -0.15) is 13.2 Å². The van der Waals surface area contributed by atoms with Gasteiger partial charge in [0.1, 0.15) is 22.8 Å². The third-order valence-corrected chi connectivity index (χ3v) is 4.46. The highest BCUT2D eigenvalue weighted by Gasteiger charge is 2.34. The summed E-state index contributed by atoms with van der Waals surface area (Å²) in [6, 6.07) is 6.81. The molecule has 28 heavy (non-hydrogen) atoms. The summed E-state index contributed by atoms with van der Waals surface area (Å²) >= 11 is 11.6. The van der Waals surface area contributed by atoms with E-state index in [9.17, 15) is 22.4 Å². The van der Waals surface area contributed by atoms with E-state index in [0.717, 1.165) is 12.1 Å². The smallest absolute Gasteiger partial charge is 0.360 e. The van der Waals surface area contributed by atoms with Crippen LogP contribution in [0.2, 0.25) is 10.0 Å². The monoisotopic (exact) mass is 432 g/mol. The molecular formula is C18H10Cl2F4N2O2. The van der Waals surface area contributed by atoms with Crippen molar-refractivity contribution >= 4 is 34.8 Å². The lowest BCUT2D eigenvalue weighted by atomic mass is 10.0. The molecule has 1 N–H and O–H groups in total. The first-order valence-corrected chi connectivity index (χ1v) is 8.44. The quantitative estimate of drug-likeness (QED) is 0.489. The van der Waals surface area contributed by atoms with E-state index >= 15 is 0 Å². The minimum absolute atomic E-state index is 0.00630. The van der Waals surface area contributed by atoms with Gasteiger partial charge in [-0.25, -0.2) is 4.39 Å². The van der Waals surface area contributed by atoms with Crippen LogP contribution in [0, 0.1) is 12.7 Å². The van der Waals surface area contributed by atoms with Gasteiger partial charge in [-0.1, -0.05) is 34.4 Å². The van der Waals surface area contributed by atoms with Gasteiger partial charge >= 0.3 is 6.18 Å². The average Bonchev–Trinajstić information content (AvgIpc) is 2.97. The number of anilines is 1. The largest absolute Gasteiger partial charge is 0.417 e. The van der Waals surface area contributed by atoms with E-state index < -0.39 is 28.5 Å². The number of carbonyl (C=O) groups excluding carboxylic acids is 1. The maximum atomic E-state index is 14.2. The minimum atomic E-state index is -4.70. The SMILES string of the molecule is Cc1onc(-c2c(F)cccc2Cl)c1C(=O)Nc1ccc(Cl)c(C(F)(F)F)c1. The van der Waals surface area contributed by atoms with Crippen LogP contribution in [-0.2, 0) is 6.18 Å². The van der Waals surface area contributed by atoms with E-state index in [4.69, 9.17) is 27.7 Å². The highest BCUT2D eigenvalue weighted by Crippen LogP contribution is 2.37. The molecular weight excluding hydrogens is 423 g/mol. The van der Waals surface area contributed by atoms with Gasteiger partial charge in [-0.05, 0) is 37.3 Å². The Labute approximate surface area is 166 Å². The molecule has 0 aliphatic carbocycles. The predicted molar refractivity (Wildman–Crippen MR) is 96.1 cm³/mol. The molecule has 0 bridgehead atoms. The normalized spacial score (nSPS) is 11.5. The lowest BCUT2D eigenvalue weighted by Gasteiger charge is -2.12. The van der Waals surface area contributed by atoms with Gasteiger partial charge in [0.05, 0.1) is 21.2 Å². The summed E-state index contributed by atoms with van der Waals surface area (Å²) in [5, 5.41) is 5.48. The summed E-state index contributed by atoms with van der Waals surface area (Å²) in [6.45, 7) is 1.41. The van der Waals surface area contributed by atoms with Crippen molar-refractivity contribution in [1.82, 2.24) is 5.16 Å². The summed E-state index contributed by atoms with van der Waals surface area (Å²) in [5.74, 6) is -1.54. The van der Waals surface area contributed by atoms with Crippen molar-refractivity contribution in [1.29, 1.82) is 0 Å². The van der Waals surface area contributed by atoms with Crippen LogP contribution in [0.15, 0.2) is 40.9 Å². The third-order valence-electron chi connectivity index (χ3n) is 3.82. The molecule has 0 fully saturated rings. The number of alkyl halides is 3. The molecule has 0 spiro atoms. The van der Waals surface area contributed by atoms with Crippen molar-refractivity contribution < 1.29 is 26.9 Å². The zero-order valence-corrected chi connectivity index (χ0v) is 15.5. The van der Waals surface area contributed by atoms with Gasteiger partial charge < -0.3 is 9.84 Å². The number of nitrogens with one attached hydrogen (secondary N) is 1. The van der Waals surface area contributed by atoms with E-state index in [0.29, 0.717) is 6.07 Å². The molecule has 0 unspecified atom stereocenters. The van der Waals surface area contributed by atoms with E-state index in [1.807, 2.05) is 0 Å². The first-order valence-electron chi connectivity index (χ1n) is 7.68. The molecule has 10 heteroatoms. The fourth-order valence-corrected chi connectivity index (χ4v) is 3.03. The van der Waals surface area contributed by atoms with E-state index in [1.165, 1.54) is 25.1 Å². The molecule has 0 saturated carbocycles. The Morgan fingerprint density at radius 2 is 1.86 bits per heavy atom. The molecule has 1 amide bonds. The molecule has 0 aliphatic rings. The van der Waals surface area contributed by atoms with Crippen LogP contribution in [0.5, 0.6) is 0 Å². The number of rotatable bonds is 3. The number of aryl methyl sites for hydroxylation is 1. The van der Waals surface area contributed by atoms with Crippen LogP contribution in [-0.4, -0.2) is 11.1 Å². The minimum Gasteiger partial charge on any atom is -0.360 e. The number of hydrogen-bond acceptors (Lipinski definition) is 3. The zero-order valence-electron chi connectivity index (χ0n) is 14.0. The topological polar surface area (TPSA) is 55.1 Å². The molecule has 0 aliphatic heterocycles. The van der Waals surface area contributed by atoms with Gasteiger partial charge in [0.15, 0.2) is 0 Å². The predicted octanol–water partition coefficient (Wildman–Crippen LogP) is 6.37. The molecule has 146 valence electrons. The number of halogens is 6. The van der Waals surface area contributed by atoms with Crippen molar-refractivity contribution in [2.24, 2.45) is 0 Å². The Morgan fingerprint density at radius 3 is 2.50 bits per heavy atom. The van der Waals surface area contributed by atoms with Crippen LogP contribution in [0.25, 0.3) is 11.3 Å². The Bertz CT molecular complexity index is 1040. The summed E-state index contributed by atoms with van der Waals surface area (Å²) in [5.41, 5.74) is -1.74. The van der Waals surface area contributed by atoms with Crippen molar-refractivity contribution in [3.05, 3.63) is 69.1 Å². The Kier molecular flexibility index (Phi) is 5.36. The second-order valence-electron chi connectivity index (χ2n) is 5.71. The Hall–Kier alpha value is -2.58. The van der Waals surface area contributed by atoms with Gasteiger partial charge in [0.2, 0.25) is 0 Å².